The molecule has 8 heteroatoms. The van der Waals surface area contributed by atoms with Gasteiger partial charge in [0.25, 0.3) is 0 Å². The third kappa shape index (κ3) is 6.10. The zero-order valence-electron chi connectivity index (χ0n) is 18.5. The number of ether oxygens (including phenoxy) is 2. The Kier molecular flexibility index (Phi) is 7.24. The van der Waals surface area contributed by atoms with Crippen LogP contribution in [-0.2, 0) is 0 Å². The number of benzene rings is 1. The van der Waals surface area contributed by atoms with Gasteiger partial charge < -0.3 is 19.7 Å². The number of pyridine rings is 2. The summed E-state index contributed by atoms with van der Waals surface area (Å²) in [7, 11) is 1.56. The van der Waals surface area contributed by atoms with Crippen LogP contribution in [0.1, 0.15) is 18.9 Å². The van der Waals surface area contributed by atoms with Gasteiger partial charge in [-0.15, -0.1) is 0 Å². The molecule has 0 aliphatic carbocycles. The number of halogens is 1. The Morgan fingerprint density at radius 1 is 1.15 bits per heavy atom. The zero-order valence-corrected chi connectivity index (χ0v) is 20.1. The van der Waals surface area contributed by atoms with Crippen molar-refractivity contribution in [3.8, 4) is 17.5 Å². The second-order valence-electron chi connectivity index (χ2n) is 7.82. The zero-order chi connectivity index (χ0) is 23.2. The first kappa shape index (κ1) is 22.8. The summed E-state index contributed by atoms with van der Waals surface area (Å²) in [4.78, 5) is 22.9. The van der Waals surface area contributed by atoms with E-state index in [2.05, 4.69) is 50.3 Å². The summed E-state index contributed by atoms with van der Waals surface area (Å²) in [6.45, 7) is 3.46. The molecule has 1 unspecified atom stereocenters. The van der Waals surface area contributed by atoms with E-state index in [1.807, 2.05) is 35.2 Å². The van der Waals surface area contributed by atoms with E-state index in [1.54, 1.807) is 31.6 Å². The lowest BCUT2D eigenvalue weighted by Gasteiger charge is -2.33. The molecule has 1 N–H and O–H groups in total. The van der Waals surface area contributed by atoms with Crippen LogP contribution in [0.3, 0.4) is 0 Å². The van der Waals surface area contributed by atoms with Crippen LogP contribution >= 0.6 is 15.9 Å². The van der Waals surface area contributed by atoms with E-state index >= 15 is 0 Å². The third-order valence-corrected chi connectivity index (χ3v) is 5.88. The predicted molar refractivity (Wildman–Crippen MR) is 132 cm³/mol. The summed E-state index contributed by atoms with van der Waals surface area (Å²) in [6.07, 6.45) is 6.30. The lowest BCUT2D eigenvalue weighted by atomic mass is 9.91. The number of aromatic nitrogens is 2. The highest BCUT2D eigenvalue weighted by molar-refractivity contribution is 9.10. The Balaban J connectivity index is 1.37. The number of rotatable bonds is 5. The number of hydrogen-bond donors (Lipinski definition) is 1. The predicted octanol–water partition coefficient (Wildman–Crippen LogP) is 6.00. The lowest BCUT2D eigenvalue weighted by molar-refractivity contribution is 0.198. The Hall–Kier alpha value is -3.39. The van der Waals surface area contributed by atoms with Gasteiger partial charge in [-0.2, -0.15) is 0 Å². The molecule has 0 spiro atoms. The van der Waals surface area contributed by atoms with Gasteiger partial charge in [-0.3, -0.25) is 0 Å². The fraction of sp³-hybridized carbons (Fsp3) is 0.240. The molecule has 0 radical (unpaired) electrons. The molecule has 3 aromatic rings. The molecule has 1 aliphatic heterocycles. The fourth-order valence-corrected chi connectivity index (χ4v) is 3.89. The average molecular weight is 509 g/mol. The maximum Gasteiger partial charge on any atom is 0.321 e. The van der Waals surface area contributed by atoms with Gasteiger partial charge in [0, 0.05) is 35.9 Å². The van der Waals surface area contributed by atoms with Gasteiger partial charge in [-0.1, -0.05) is 30.7 Å². The van der Waals surface area contributed by atoms with Crippen molar-refractivity contribution in [3.05, 3.63) is 76.5 Å². The molecule has 2 aromatic heterocycles. The maximum absolute atomic E-state index is 12.7. The van der Waals surface area contributed by atoms with Crippen LogP contribution in [-0.4, -0.2) is 41.1 Å². The van der Waals surface area contributed by atoms with E-state index in [0.29, 0.717) is 30.5 Å². The topological polar surface area (TPSA) is 76.6 Å². The molecule has 1 atom stereocenters. The molecule has 1 aromatic carbocycles. The Morgan fingerprint density at radius 2 is 1.97 bits per heavy atom. The Morgan fingerprint density at radius 3 is 2.67 bits per heavy atom. The van der Waals surface area contributed by atoms with E-state index < -0.39 is 0 Å². The van der Waals surface area contributed by atoms with Gasteiger partial charge in [-0.25, -0.2) is 14.8 Å². The van der Waals surface area contributed by atoms with Crippen molar-refractivity contribution in [2.45, 2.75) is 13.3 Å². The fourth-order valence-electron chi connectivity index (χ4n) is 3.65. The van der Waals surface area contributed by atoms with Crippen LogP contribution in [0.2, 0.25) is 0 Å². The average Bonchev–Trinajstić information content (AvgIpc) is 2.82. The highest BCUT2D eigenvalue weighted by Gasteiger charge is 2.24. The first-order valence-corrected chi connectivity index (χ1v) is 11.5. The maximum atomic E-state index is 12.7. The van der Waals surface area contributed by atoms with Gasteiger partial charge in [0.05, 0.1) is 19.0 Å². The number of likely N-dealkylation sites (tertiary alicyclic amines) is 1. The van der Waals surface area contributed by atoms with Crippen molar-refractivity contribution >= 4 is 33.7 Å². The quantitative estimate of drug-likeness (QED) is 0.457. The van der Waals surface area contributed by atoms with Crippen LogP contribution in [0.15, 0.2) is 71.0 Å². The molecule has 3 heterocycles. The molecular weight excluding hydrogens is 484 g/mol. The van der Waals surface area contributed by atoms with Crippen molar-refractivity contribution in [1.29, 1.82) is 0 Å². The third-order valence-electron chi connectivity index (χ3n) is 5.41. The number of hydrogen-bond acceptors (Lipinski definition) is 5. The molecule has 2 amide bonds. The SMILES string of the molecule is COc1ccc(NC(=O)N2CC/C(=C\c3cccc(Oc4ccc(Br)cn4)c3)C(C)C2)cn1. The monoisotopic (exact) mass is 508 g/mol. The number of nitrogens with zero attached hydrogens (tertiary/aromatic N) is 3. The first-order valence-electron chi connectivity index (χ1n) is 10.7. The standard InChI is InChI=1S/C25H25BrN4O3/c1-17-16-30(25(31)29-21-7-9-23(32-2)28-15-21)11-10-19(17)12-18-4-3-5-22(13-18)33-24-8-6-20(26)14-27-24/h3-9,12-15,17H,10-11,16H2,1-2H3,(H,29,31)/b19-12+. The van der Waals surface area contributed by atoms with Crippen molar-refractivity contribution in [2.24, 2.45) is 5.92 Å². The second-order valence-corrected chi connectivity index (χ2v) is 8.74. The van der Waals surface area contributed by atoms with Crippen LogP contribution in [0.4, 0.5) is 10.5 Å². The molecule has 170 valence electrons. The van der Waals surface area contributed by atoms with Crippen molar-refractivity contribution in [2.75, 3.05) is 25.5 Å². The number of anilines is 1. The van der Waals surface area contributed by atoms with Gasteiger partial charge in [0.1, 0.15) is 5.75 Å². The van der Waals surface area contributed by atoms with Crippen LogP contribution in [0.25, 0.3) is 6.08 Å². The van der Waals surface area contributed by atoms with Gasteiger partial charge in [-0.05, 0) is 58.1 Å². The summed E-state index contributed by atoms with van der Waals surface area (Å²) in [6, 6.07) is 15.0. The molecule has 4 rings (SSSR count). The first-order chi connectivity index (χ1) is 16.0. The number of urea groups is 1. The highest BCUT2D eigenvalue weighted by Crippen LogP contribution is 2.28. The van der Waals surface area contributed by atoms with E-state index in [-0.39, 0.29) is 11.9 Å². The summed E-state index contributed by atoms with van der Waals surface area (Å²) < 4.78 is 11.8. The van der Waals surface area contributed by atoms with Crippen molar-refractivity contribution in [1.82, 2.24) is 14.9 Å². The van der Waals surface area contributed by atoms with Gasteiger partial charge in [0.15, 0.2) is 0 Å². The molecule has 7 nitrogen and oxygen atoms in total. The molecule has 0 saturated carbocycles. The smallest absolute Gasteiger partial charge is 0.321 e. The number of carbonyl (C=O) groups excluding carboxylic acids is 1. The summed E-state index contributed by atoms with van der Waals surface area (Å²) in [5.74, 6) is 2.03. The van der Waals surface area contributed by atoms with E-state index in [0.717, 1.165) is 22.2 Å². The number of methoxy groups -OCH3 is 1. The number of carbonyl (C=O) groups is 1. The summed E-state index contributed by atoms with van der Waals surface area (Å²) in [5.41, 5.74) is 3.02. The number of piperidine rings is 1. The summed E-state index contributed by atoms with van der Waals surface area (Å²) >= 11 is 3.38. The molecule has 0 bridgehead atoms. The van der Waals surface area contributed by atoms with E-state index in [9.17, 15) is 4.79 Å². The Bertz CT molecular complexity index is 1130. The molecular formula is C25H25BrN4O3. The largest absolute Gasteiger partial charge is 0.481 e. The highest BCUT2D eigenvalue weighted by atomic mass is 79.9. The van der Waals surface area contributed by atoms with Crippen LogP contribution in [0.5, 0.6) is 17.5 Å². The normalized spacial score (nSPS) is 17.0. The Labute approximate surface area is 201 Å². The lowest BCUT2D eigenvalue weighted by Crippen LogP contribution is -2.42. The minimum Gasteiger partial charge on any atom is -0.481 e. The molecule has 1 saturated heterocycles. The van der Waals surface area contributed by atoms with Crippen LogP contribution < -0.4 is 14.8 Å². The van der Waals surface area contributed by atoms with Crippen molar-refractivity contribution in [3.63, 3.8) is 0 Å². The van der Waals surface area contributed by atoms with E-state index in [1.165, 1.54) is 5.57 Å². The van der Waals surface area contributed by atoms with E-state index in [4.69, 9.17) is 9.47 Å². The number of nitrogens with one attached hydrogen (secondary N) is 1. The van der Waals surface area contributed by atoms with Crippen LogP contribution in [0, 0.1) is 5.92 Å². The molecule has 1 fully saturated rings. The molecule has 1 aliphatic rings. The second kappa shape index (κ2) is 10.5. The van der Waals surface area contributed by atoms with Gasteiger partial charge in [0.2, 0.25) is 11.8 Å². The minimum atomic E-state index is -0.120. The number of amides is 2. The van der Waals surface area contributed by atoms with Gasteiger partial charge >= 0.3 is 6.03 Å². The summed E-state index contributed by atoms with van der Waals surface area (Å²) in [5, 5.41) is 2.91. The van der Waals surface area contributed by atoms with Crippen molar-refractivity contribution < 1.29 is 14.3 Å². The minimum absolute atomic E-state index is 0.120. The molecule has 33 heavy (non-hydrogen) atoms.